The van der Waals surface area contributed by atoms with Crippen molar-refractivity contribution < 1.29 is 4.74 Å². The van der Waals surface area contributed by atoms with Crippen molar-refractivity contribution in [2.75, 3.05) is 13.7 Å². The lowest BCUT2D eigenvalue weighted by molar-refractivity contribution is 0.394. The Balaban J connectivity index is 1.99. The summed E-state index contributed by atoms with van der Waals surface area (Å²) in [4.78, 5) is 8.31. The van der Waals surface area contributed by atoms with Gasteiger partial charge in [0.1, 0.15) is 6.33 Å². The van der Waals surface area contributed by atoms with Crippen molar-refractivity contribution in [1.29, 1.82) is 0 Å². The van der Waals surface area contributed by atoms with E-state index in [-0.39, 0.29) is 0 Å². The van der Waals surface area contributed by atoms with Gasteiger partial charge in [-0.1, -0.05) is 6.92 Å². The first-order valence-electron chi connectivity index (χ1n) is 5.91. The number of aromatic nitrogens is 2. The Morgan fingerprint density at radius 3 is 2.94 bits per heavy atom. The van der Waals surface area contributed by atoms with E-state index in [1.165, 1.54) is 12.8 Å². The SMILES string of the molecule is CCNC(Cc1cc(OC)ncn1)C1CC1. The molecule has 1 N–H and O–H groups in total. The van der Waals surface area contributed by atoms with Crippen molar-refractivity contribution in [2.45, 2.75) is 32.2 Å². The summed E-state index contributed by atoms with van der Waals surface area (Å²) in [5.74, 6) is 1.48. The second-order valence-corrected chi connectivity index (χ2v) is 4.26. The number of hydrogen-bond donors (Lipinski definition) is 1. The molecule has 1 saturated carbocycles. The van der Waals surface area contributed by atoms with E-state index in [0.717, 1.165) is 24.6 Å². The van der Waals surface area contributed by atoms with Gasteiger partial charge in [0.15, 0.2) is 0 Å². The Kier molecular flexibility index (Phi) is 3.72. The molecule has 1 aromatic rings. The van der Waals surface area contributed by atoms with Crippen LogP contribution < -0.4 is 10.1 Å². The molecule has 1 unspecified atom stereocenters. The lowest BCUT2D eigenvalue weighted by Gasteiger charge is -2.16. The van der Waals surface area contributed by atoms with E-state index in [0.29, 0.717) is 11.9 Å². The Morgan fingerprint density at radius 1 is 1.50 bits per heavy atom. The molecule has 1 aliphatic rings. The van der Waals surface area contributed by atoms with Crippen LogP contribution in [0.1, 0.15) is 25.5 Å². The molecule has 0 aliphatic heterocycles. The van der Waals surface area contributed by atoms with Crippen molar-refractivity contribution >= 4 is 0 Å². The Labute approximate surface area is 96.4 Å². The molecule has 4 heteroatoms. The highest BCUT2D eigenvalue weighted by Gasteiger charge is 2.30. The van der Waals surface area contributed by atoms with Crippen LogP contribution in [0, 0.1) is 5.92 Å². The predicted octanol–water partition coefficient (Wildman–Crippen LogP) is 1.42. The molecule has 88 valence electrons. The maximum atomic E-state index is 5.10. The molecule has 16 heavy (non-hydrogen) atoms. The molecular weight excluding hydrogens is 202 g/mol. The molecule has 0 radical (unpaired) electrons. The zero-order valence-electron chi connectivity index (χ0n) is 9.94. The van der Waals surface area contributed by atoms with Crippen LogP contribution in [0.4, 0.5) is 0 Å². The van der Waals surface area contributed by atoms with Gasteiger partial charge in [0.25, 0.3) is 0 Å². The van der Waals surface area contributed by atoms with Gasteiger partial charge in [0.05, 0.1) is 7.11 Å². The van der Waals surface area contributed by atoms with Gasteiger partial charge in [0, 0.05) is 24.2 Å². The lowest BCUT2D eigenvalue weighted by atomic mass is 10.1. The summed E-state index contributed by atoms with van der Waals surface area (Å²) in [7, 11) is 1.63. The summed E-state index contributed by atoms with van der Waals surface area (Å²) in [6.07, 6.45) is 5.24. The molecule has 0 saturated heterocycles. The minimum atomic E-state index is 0.560. The summed E-state index contributed by atoms with van der Waals surface area (Å²) in [6, 6.07) is 2.48. The fourth-order valence-electron chi connectivity index (χ4n) is 1.99. The summed E-state index contributed by atoms with van der Waals surface area (Å²) < 4.78 is 5.10. The highest BCUT2D eigenvalue weighted by atomic mass is 16.5. The summed E-state index contributed by atoms with van der Waals surface area (Å²) >= 11 is 0. The second kappa shape index (κ2) is 5.25. The molecule has 0 spiro atoms. The van der Waals surface area contributed by atoms with Crippen LogP contribution in [-0.2, 0) is 6.42 Å². The van der Waals surface area contributed by atoms with Gasteiger partial charge in [-0.2, -0.15) is 0 Å². The molecule has 1 aromatic heterocycles. The summed E-state index contributed by atoms with van der Waals surface area (Å²) in [5.41, 5.74) is 1.06. The van der Waals surface area contributed by atoms with E-state index >= 15 is 0 Å². The third-order valence-corrected chi connectivity index (χ3v) is 2.99. The molecule has 1 atom stereocenters. The highest BCUT2D eigenvalue weighted by Crippen LogP contribution is 2.33. The maximum absolute atomic E-state index is 5.10. The van der Waals surface area contributed by atoms with Crippen LogP contribution in [0.3, 0.4) is 0 Å². The summed E-state index contributed by atoms with van der Waals surface area (Å²) in [6.45, 7) is 3.17. The molecule has 1 aliphatic carbocycles. The van der Waals surface area contributed by atoms with Crippen molar-refractivity contribution in [2.24, 2.45) is 5.92 Å². The van der Waals surface area contributed by atoms with Gasteiger partial charge in [-0.15, -0.1) is 0 Å². The van der Waals surface area contributed by atoms with E-state index in [2.05, 4.69) is 22.2 Å². The molecule has 1 fully saturated rings. The number of methoxy groups -OCH3 is 1. The molecular formula is C12H19N3O. The largest absolute Gasteiger partial charge is 0.481 e. The molecule has 1 heterocycles. The molecule has 0 amide bonds. The number of ether oxygens (including phenoxy) is 1. The first kappa shape index (κ1) is 11.3. The van der Waals surface area contributed by atoms with Crippen LogP contribution in [0.2, 0.25) is 0 Å². The first-order chi connectivity index (χ1) is 7.83. The standard InChI is InChI=1S/C12H19N3O/c1-3-13-11(9-4-5-9)6-10-7-12(16-2)15-8-14-10/h7-9,11,13H,3-6H2,1-2H3. The van der Waals surface area contributed by atoms with Gasteiger partial charge >= 0.3 is 0 Å². The molecule has 0 aromatic carbocycles. The van der Waals surface area contributed by atoms with Gasteiger partial charge in [-0.25, -0.2) is 9.97 Å². The van der Waals surface area contributed by atoms with E-state index in [4.69, 9.17) is 4.74 Å². The minimum Gasteiger partial charge on any atom is -0.481 e. The zero-order chi connectivity index (χ0) is 11.4. The van der Waals surface area contributed by atoms with Crippen molar-refractivity contribution in [3.05, 3.63) is 18.1 Å². The van der Waals surface area contributed by atoms with Crippen LogP contribution in [0.25, 0.3) is 0 Å². The quantitative estimate of drug-likeness (QED) is 0.789. The second-order valence-electron chi connectivity index (χ2n) is 4.26. The van der Waals surface area contributed by atoms with E-state index in [1.54, 1.807) is 13.4 Å². The van der Waals surface area contributed by atoms with Crippen molar-refractivity contribution in [3.8, 4) is 5.88 Å². The number of likely N-dealkylation sites (N-methyl/N-ethyl adjacent to an activating group) is 1. The maximum Gasteiger partial charge on any atom is 0.216 e. The number of hydrogen-bond acceptors (Lipinski definition) is 4. The van der Waals surface area contributed by atoms with Crippen molar-refractivity contribution in [1.82, 2.24) is 15.3 Å². The van der Waals surface area contributed by atoms with Crippen molar-refractivity contribution in [3.63, 3.8) is 0 Å². The average molecular weight is 221 g/mol. The average Bonchev–Trinajstić information content (AvgIpc) is 3.13. The Bertz CT molecular complexity index is 339. The number of nitrogens with one attached hydrogen (secondary N) is 1. The van der Waals surface area contributed by atoms with E-state index in [9.17, 15) is 0 Å². The summed E-state index contributed by atoms with van der Waals surface area (Å²) in [5, 5.41) is 3.53. The van der Waals surface area contributed by atoms with E-state index in [1.807, 2.05) is 6.07 Å². The predicted molar refractivity (Wildman–Crippen MR) is 62.5 cm³/mol. The Hall–Kier alpha value is -1.16. The van der Waals surface area contributed by atoms with E-state index < -0.39 is 0 Å². The van der Waals surface area contributed by atoms with Gasteiger partial charge in [-0.3, -0.25) is 0 Å². The molecule has 2 rings (SSSR count). The van der Waals surface area contributed by atoms with Gasteiger partial charge in [0.2, 0.25) is 5.88 Å². The monoisotopic (exact) mass is 221 g/mol. The third-order valence-electron chi connectivity index (χ3n) is 2.99. The lowest BCUT2D eigenvalue weighted by Crippen LogP contribution is -2.33. The number of rotatable bonds is 6. The zero-order valence-corrected chi connectivity index (χ0v) is 9.94. The first-order valence-corrected chi connectivity index (χ1v) is 5.91. The van der Waals surface area contributed by atoms with Crippen LogP contribution >= 0.6 is 0 Å². The van der Waals surface area contributed by atoms with Crippen LogP contribution in [0.15, 0.2) is 12.4 Å². The topological polar surface area (TPSA) is 47.0 Å². The van der Waals surface area contributed by atoms with Crippen LogP contribution in [-0.4, -0.2) is 29.7 Å². The molecule has 0 bridgehead atoms. The molecule has 4 nitrogen and oxygen atoms in total. The fraction of sp³-hybridized carbons (Fsp3) is 0.667. The normalized spacial score (nSPS) is 17.1. The Morgan fingerprint density at radius 2 is 2.31 bits per heavy atom. The highest BCUT2D eigenvalue weighted by molar-refractivity contribution is 5.15. The van der Waals surface area contributed by atoms with Crippen LogP contribution in [0.5, 0.6) is 5.88 Å². The minimum absolute atomic E-state index is 0.560. The van der Waals surface area contributed by atoms with Gasteiger partial charge in [-0.05, 0) is 25.3 Å². The fourth-order valence-corrected chi connectivity index (χ4v) is 1.99. The number of nitrogens with zero attached hydrogens (tertiary/aromatic N) is 2. The smallest absolute Gasteiger partial charge is 0.216 e. The van der Waals surface area contributed by atoms with Gasteiger partial charge < -0.3 is 10.1 Å². The third kappa shape index (κ3) is 2.92.